The van der Waals surface area contributed by atoms with Gasteiger partial charge in [0.25, 0.3) is 0 Å². The van der Waals surface area contributed by atoms with Crippen LogP contribution < -0.4 is 22.9 Å². The minimum absolute atomic E-state index is 0.250. The summed E-state index contributed by atoms with van der Waals surface area (Å²) < 4.78 is 0.871. The molecule has 0 spiro atoms. The van der Waals surface area contributed by atoms with E-state index in [1.807, 2.05) is 6.07 Å². The lowest BCUT2D eigenvalue weighted by atomic mass is 10.4. The summed E-state index contributed by atoms with van der Waals surface area (Å²) in [6.45, 7) is 0. The van der Waals surface area contributed by atoms with Gasteiger partial charge in [0.1, 0.15) is 45.4 Å². The molecular weight excluding hydrogens is 533 g/mol. The smallest absolute Gasteiger partial charge is 0.204 e. The number of halogens is 1. The topological polar surface area (TPSA) is 283 Å². The van der Waals surface area contributed by atoms with Gasteiger partial charge in [-0.3, -0.25) is 20.1 Å². The van der Waals surface area contributed by atoms with Crippen molar-refractivity contribution >= 4 is 68.5 Å². The van der Waals surface area contributed by atoms with Crippen LogP contribution in [0.4, 0.5) is 17.5 Å². The molecule has 0 radical (unpaired) electrons. The highest BCUT2D eigenvalue weighted by molar-refractivity contribution is 14.1. The molecule has 5 aromatic rings. The molecule has 0 fully saturated rings. The van der Waals surface area contributed by atoms with Crippen LogP contribution in [0.1, 0.15) is 5.56 Å². The lowest BCUT2D eigenvalue weighted by Crippen LogP contribution is -1.91. The van der Waals surface area contributed by atoms with Gasteiger partial charge in [0.15, 0.2) is 11.3 Å². The van der Waals surface area contributed by atoms with E-state index in [4.69, 9.17) is 27.3 Å². The molecule has 0 aliphatic rings. The van der Waals surface area contributed by atoms with Gasteiger partial charge in [0.2, 0.25) is 6.41 Å². The van der Waals surface area contributed by atoms with E-state index >= 15 is 0 Å². The van der Waals surface area contributed by atoms with Crippen molar-refractivity contribution in [1.29, 1.82) is 5.26 Å². The Kier molecular flexibility index (Phi) is 8.55. The molecule has 0 unspecified atom stereocenters. The summed E-state index contributed by atoms with van der Waals surface area (Å²) in [5.74, 6) is 1.25. The molecule has 164 valence electrons. The Labute approximate surface area is 192 Å². The van der Waals surface area contributed by atoms with Crippen LogP contribution in [0.15, 0.2) is 25.0 Å². The predicted molar refractivity (Wildman–Crippen MR) is 123 cm³/mol. The van der Waals surface area contributed by atoms with Crippen molar-refractivity contribution in [3.63, 3.8) is 0 Å². The number of carbonyl (C=O) groups is 1. The summed E-state index contributed by atoms with van der Waals surface area (Å²) in [7, 11) is 0. The number of fused-ring (bicyclic) bond motifs is 2. The number of nitrogens with one attached hydrogen (secondary N) is 3. The Hall–Kier alpha value is -4.60. The number of aromatic nitrogens is 10. The second-order valence-electron chi connectivity index (χ2n) is 5.33. The van der Waals surface area contributed by atoms with Gasteiger partial charge in [-0.05, 0) is 22.6 Å². The molecule has 0 aliphatic carbocycles. The molecule has 17 heteroatoms. The first-order chi connectivity index (χ1) is 15.4. The van der Waals surface area contributed by atoms with E-state index in [-0.39, 0.29) is 6.41 Å². The summed E-state index contributed by atoms with van der Waals surface area (Å²) in [5, 5.41) is 28.8. The highest BCUT2D eigenvalue weighted by Gasteiger charge is 2.06. The van der Waals surface area contributed by atoms with E-state index in [1.54, 1.807) is 6.20 Å². The number of carbonyl (C=O) groups excluding carboxylic acids is 1. The monoisotopic (exact) mass is 549 g/mol. The second-order valence-corrected chi connectivity index (χ2v) is 6.41. The minimum Gasteiger partial charge on any atom is -0.383 e. The molecule has 5 rings (SSSR count). The zero-order valence-corrected chi connectivity index (χ0v) is 18.2. The molecular formula is C15H16IN15O. The molecule has 0 aliphatic heterocycles. The van der Waals surface area contributed by atoms with E-state index < -0.39 is 0 Å². The maximum atomic E-state index is 8.58. The zero-order valence-electron chi connectivity index (χ0n) is 16.1. The zero-order chi connectivity index (χ0) is 23.5. The Morgan fingerprint density at radius 2 is 1.62 bits per heavy atom. The predicted octanol–water partition coefficient (Wildman–Crippen LogP) is -0.560. The minimum atomic E-state index is 0.250. The second kappa shape index (κ2) is 11.6. The molecule has 5 aromatic heterocycles. The van der Waals surface area contributed by atoms with Gasteiger partial charge in [0, 0.05) is 0 Å². The molecule has 11 N–H and O–H groups in total. The fourth-order valence-electron chi connectivity index (χ4n) is 2.01. The number of nitrogens with two attached hydrogens (primary N) is 4. The van der Waals surface area contributed by atoms with Gasteiger partial charge >= 0.3 is 0 Å². The summed E-state index contributed by atoms with van der Waals surface area (Å²) in [6.07, 6.45) is 6.03. The summed E-state index contributed by atoms with van der Waals surface area (Å²) in [4.78, 5) is 24.0. The van der Waals surface area contributed by atoms with Gasteiger partial charge < -0.3 is 22.9 Å². The van der Waals surface area contributed by atoms with E-state index in [9.17, 15) is 0 Å². The van der Waals surface area contributed by atoms with E-state index in [2.05, 4.69) is 78.9 Å². The highest BCUT2D eigenvalue weighted by Crippen LogP contribution is 2.19. The third-order valence-corrected chi connectivity index (χ3v) is 4.18. The van der Waals surface area contributed by atoms with Gasteiger partial charge in [-0.25, -0.2) is 19.9 Å². The number of nitriles is 1. The number of amides is 1. The Morgan fingerprint density at radius 3 is 2.19 bits per heavy atom. The number of rotatable bonds is 0. The first-order valence-corrected chi connectivity index (χ1v) is 9.34. The number of nitrogens with zero attached hydrogens (tertiary/aromatic N) is 8. The average molecular weight is 549 g/mol. The number of nitrogen functional groups attached to an aromatic ring is 3. The summed E-state index contributed by atoms with van der Waals surface area (Å²) >= 11 is 2.10. The molecule has 0 saturated heterocycles. The number of anilines is 3. The molecule has 0 saturated carbocycles. The van der Waals surface area contributed by atoms with Crippen LogP contribution in [-0.2, 0) is 4.79 Å². The van der Waals surface area contributed by atoms with Crippen LogP contribution in [0.2, 0.25) is 0 Å². The molecule has 32 heavy (non-hydrogen) atoms. The lowest BCUT2D eigenvalue weighted by molar-refractivity contribution is -0.106. The molecule has 16 nitrogen and oxygen atoms in total. The van der Waals surface area contributed by atoms with Crippen molar-refractivity contribution in [2.45, 2.75) is 0 Å². The largest absolute Gasteiger partial charge is 0.383 e. The quantitative estimate of drug-likeness (QED) is 0.0945. The van der Waals surface area contributed by atoms with Crippen LogP contribution in [0.3, 0.4) is 0 Å². The SMILES string of the molecule is N#Cc1cn[nH]c1N.NC=O.Nc1ncnc2[nH]ncc12.Nc1ncnc2n[nH]c(I)c12. The van der Waals surface area contributed by atoms with Crippen molar-refractivity contribution in [1.82, 2.24) is 50.5 Å². The molecule has 1 amide bonds. The standard InChI is InChI=1S/C5H4IN5.C5H5N5.C4H4N4.CH3NO/c6-3-2-4(7)8-1-9-5(2)11-10-3;6-4-3-1-9-10-5(3)8-2-7-4;5-1-3-2-7-8-4(3)6;2-1-3/h1H,(H3,7,8,9,10,11);1-2H,(H3,6,7,8,9,10);2H,(H3,6,7,8);1H,(H2,2,3). The van der Waals surface area contributed by atoms with E-state index in [1.165, 1.54) is 18.9 Å². The number of hydrogen-bond acceptors (Lipinski definition) is 12. The first kappa shape index (κ1) is 23.7. The van der Waals surface area contributed by atoms with Crippen molar-refractivity contribution in [3.8, 4) is 6.07 Å². The Morgan fingerprint density at radius 1 is 0.969 bits per heavy atom. The van der Waals surface area contributed by atoms with Gasteiger partial charge in [-0.2, -0.15) is 20.6 Å². The highest BCUT2D eigenvalue weighted by atomic mass is 127. The van der Waals surface area contributed by atoms with Gasteiger partial charge in [-0.15, -0.1) is 0 Å². The van der Waals surface area contributed by atoms with Gasteiger partial charge in [0.05, 0.1) is 23.2 Å². The average Bonchev–Trinajstić information content (AvgIpc) is 3.51. The summed E-state index contributed by atoms with van der Waals surface area (Å²) in [5.41, 5.74) is 22.1. The van der Waals surface area contributed by atoms with Crippen LogP contribution in [0.5, 0.6) is 0 Å². The van der Waals surface area contributed by atoms with E-state index in [0.717, 1.165) is 14.5 Å². The fourth-order valence-corrected chi connectivity index (χ4v) is 2.65. The Balaban J connectivity index is 0.000000162. The molecule has 0 bridgehead atoms. The van der Waals surface area contributed by atoms with Crippen molar-refractivity contribution in [2.75, 3.05) is 17.2 Å². The molecule has 0 atom stereocenters. The van der Waals surface area contributed by atoms with Crippen LogP contribution in [-0.4, -0.2) is 56.9 Å². The molecule has 0 aromatic carbocycles. The Bertz CT molecular complexity index is 1330. The fraction of sp³-hybridized carbons (Fsp3) is 0. The van der Waals surface area contributed by atoms with Gasteiger partial charge in [-0.1, -0.05) is 0 Å². The first-order valence-electron chi connectivity index (χ1n) is 8.26. The molecule has 5 heterocycles. The van der Waals surface area contributed by atoms with Crippen LogP contribution in [0, 0.1) is 15.0 Å². The van der Waals surface area contributed by atoms with E-state index in [0.29, 0.717) is 34.3 Å². The maximum Gasteiger partial charge on any atom is 0.204 e. The van der Waals surface area contributed by atoms with Crippen molar-refractivity contribution in [3.05, 3.63) is 34.3 Å². The number of hydrogen-bond donors (Lipinski definition) is 7. The van der Waals surface area contributed by atoms with Crippen molar-refractivity contribution < 1.29 is 4.79 Å². The third kappa shape index (κ3) is 5.95. The van der Waals surface area contributed by atoms with Crippen LogP contribution in [0.25, 0.3) is 22.1 Å². The summed E-state index contributed by atoms with van der Waals surface area (Å²) in [6, 6.07) is 1.86. The number of primary amides is 1. The number of H-pyrrole nitrogens is 3. The van der Waals surface area contributed by atoms with Crippen molar-refractivity contribution in [2.24, 2.45) is 5.73 Å². The normalized spacial score (nSPS) is 9.38. The third-order valence-electron chi connectivity index (χ3n) is 3.40. The maximum absolute atomic E-state index is 8.58. The van der Waals surface area contributed by atoms with Crippen LogP contribution >= 0.6 is 22.6 Å². The number of aromatic amines is 3. The lowest BCUT2D eigenvalue weighted by Gasteiger charge is -1.90.